The quantitative estimate of drug-likeness (QED) is 0.739. The van der Waals surface area contributed by atoms with Gasteiger partial charge in [-0.15, -0.1) is 0 Å². The van der Waals surface area contributed by atoms with Gasteiger partial charge in [0.1, 0.15) is 5.82 Å². The molecule has 1 aliphatic heterocycles. The molecule has 0 bridgehead atoms. The van der Waals surface area contributed by atoms with Crippen LogP contribution in [-0.2, 0) is 11.2 Å². The molecule has 2 heterocycles. The molecule has 4 heteroatoms. The number of amides is 1. The van der Waals surface area contributed by atoms with Gasteiger partial charge in [0.15, 0.2) is 0 Å². The van der Waals surface area contributed by atoms with Crippen LogP contribution in [0.5, 0.6) is 0 Å². The topological polar surface area (TPSA) is 42.0 Å². The van der Waals surface area contributed by atoms with E-state index in [-0.39, 0.29) is 5.91 Å². The van der Waals surface area contributed by atoms with E-state index < -0.39 is 0 Å². The fraction of sp³-hybridized carbons (Fsp3) is 0.500. The minimum atomic E-state index is 0.0700. The Labute approximate surface area is 96.1 Å². The van der Waals surface area contributed by atoms with Gasteiger partial charge in [0.25, 0.3) is 0 Å². The van der Waals surface area contributed by atoms with Gasteiger partial charge in [0.05, 0.1) is 7.18 Å². The lowest BCUT2D eigenvalue weighted by Crippen LogP contribution is -2.20. The van der Waals surface area contributed by atoms with Crippen LogP contribution in [0.2, 0.25) is 0 Å². The fourth-order valence-electron chi connectivity index (χ4n) is 1.45. The van der Waals surface area contributed by atoms with Gasteiger partial charge in [-0.3, -0.25) is 9.18 Å². The molecule has 3 nitrogen and oxygen atoms in total. The fourth-order valence-corrected chi connectivity index (χ4v) is 1.45. The van der Waals surface area contributed by atoms with Crippen molar-refractivity contribution in [2.24, 2.45) is 0 Å². The summed E-state index contributed by atoms with van der Waals surface area (Å²) in [6.45, 7) is 6.04. The highest BCUT2D eigenvalue weighted by molar-refractivity contribution is 5.92. The van der Waals surface area contributed by atoms with E-state index in [1.54, 1.807) is 6.20 Å². The van der Waals surface area contributed by atoms with Crippen molar-refractivity contribution < 1.29 is 9.18 Å². The summed E-state index contributed by atoms with van der Waals surface area (Å²) in [6, 6.07) is 1.97. The standard InChI is InChI=1S/C9H10N2O.C2H6.CH3F/c1-6-4-5-10-9-7(6)2-3-8(12)11-9;2*1-2/h4-5H,2-3H2,1H3,(H,10,11,12);1-2H3;1H3. The molecular formula is C12H19FN2O. The largest absolute Gasteiger partial charge is 0.310 e. The Balaban J connectivity index is 0.000000509. The molecule has 0 radical (unpaired) electrons. The summed E-state index contributed by atoms with van der Waals surface area (Å²) in [7, 11) is 0.500. The van der Waals surface area contributed by atoms with Crippen LogP contribution in [0.3, 0.4) is 0 Å². The van der Waals surface area contributed by atoms with E-state index in [2.05, 4.69) is 10.3 Å². The number of halogens is 1. The van der Waals surface area contributed by atoms with Gasteiger partial charge in [-0.05, 0) is 30.5 Å². The highest BCUT2D eigenvalue weighted by atomic mass is 19.1. The predicted molar refractivity (Wildman–Crippen MR) is 64.3 cm³/mol. The van der Waals surface area contributed by atoms with Crippen molar-refractivity contribution in [1.82, 2.24) is 4.98 Å². The van der Waals surface area contributed by atoms with E-state index in [9.17, 15) is 9.18 Å². The third-order valence-electron chi connectivity index (χ3n) is 2.15. The van der Waals surface area contributed by atoms with E-state index in [0.717, 1.165) is 12.2 Å². The predicted octanol–water partition coefficient (Wildman–Crippen LogP) is 2.89. The van der Waals surface area contributed by atoms with Crippen molar-refractivity contribution in [2.45, 2.75) is 33.6 Å². The number of hydrogen-bond donors (Lipinski definition) is 1. The summed E-state index contributed by atoms with van der Waals surface area (Å²) in [5.41, 5.74) is 2.39. The summed E-state index contributed by atoms with van der Waals surface area (Å²) in [5.74, 6) is 0.812. The molecule has 1 aromatic rings. The van der Waals surface area contributed by atoms with Gasteiger partial charge in [-0.25, -0.2) is 4.98 Å². The highest BCUT2D eigenvalue weighted by Crippen LogP contribution is 2.22. The third kappa shape index (κ3) is 3.61. The van der Waals surface area contributed by atoms with Gasteiger partial charge in [0, 0.05) is 12.6 Å². The van der Waals surface area contributed by atoms with Gasteiger partial charge < -0.3 is 5.32 Å². The van der Waals surface area contributed by atoms with Crippen molar-refractivity contribution in [3.63, 3.8) is 0 Å². The second kappa shape index (κ2) is 7.79. The molecule has 0 saturated carbocycles. The van der Waals surface area contributed by atoms with E-state index in [1.807, 2.05) is 26.8 Å². The van der Waals surface area contributed by atoms with E-state index in [4.69, 9.17) is 0 Å². The molecule has 0 atom stereocenters. The number of carbonyl (C=O) groups excluding carboxylic acids is 1. The Hall–Kier alpha value is -1.45. The zero-order valence-electron chi connectivity index (χ0n) is 10.3. The van der Waals surface area contributed by atoms with Crippen LogP contribution in [0.4, 0.5) is 10.2 Å². The molecule has 0 fully saturated rings. The van der Waals surface area contributed by atoms with Gasteiger partial charge >= 0.3 is 0 Å². The summed E-state index contributed by atoms with van der Waals surface area (Å²) >= 11 is 0. The second-order valence-electron chi connectivity index (χ2n) is 3.00. The SMILES string of the molecule is CC.CF.Cc1ccnc2c1CCC(=O)N2. The molecular weight excluding hydrogens is 207 g/mol. The third-order valence-corrected chi connectivity index (χ3v) is 2.15. The van der Waals surface area contributed by atoms with Crippen LogP contribution in [0.15, 0.2) is 12.3 Å². The minimum absolute atomic E-state index is 0.0700. The van der Waals surface area contributed by atoms with Crippen LogP contribution in [0, 0.1) is 6.92 Å². The molecule has 1 aliphatic rings. The Bertz CT molecular complexity index is 340. The average Bonchev–Trinajstić information content (AvgIpc) is 2.34. The number of anilines is 1. The Morgan fingerprint density at radius 2 is 1.94 bits per heavy atom. The number of rotatable bonds is 0. The van der Waals surface area contributed by atoms with Crippen LogP contribution in [-0.4, -0.2) is 18.1 Å². The van der Waals surface area contributed by atoms with Crippen molar-refractivity contribution in [2.75, 3.05) is 12.5 Å². The number of alkyl halides is 1. The number of aromatic nitrogens is 1. The zero-order chi connectivity index (χ0) is 12.6. The first-order chi connectivity index (χ1) is 7.77. The first kappa shape index (κ1) is 14.6. The normalized spacial score (nSPS) is 12.2. The summed E-state index contributed by atoms with van der Waals surface area (Å²) < 4.78 is 9.50. The van der Waals surface area contributed by atoms with Gasteiger partial charge in [-0.2, -0.15) is 0 Å². The molecule has 0 aliphatic carbocycles. The molecule has 16 heavy (non-hydrogen) atoms. The number of aryl methyl sites for hydroxylation is 1. The van der Waals surface area contributed by atoms with Crippen molar-refractivity contribution >= 4 is 11.7 Å². The number of nitrogens with one attached hydrogen (secondary N) is 1. The maximum atomic E-state index is 11.0. The summed E-state index contributed by atoms with van der Waals surface area (Å²) in [6.07, 6.45) is 3.13. The molecule has 2 rings (SSSR count). The summed E-state index contributed by atoms with van der Waals surface area (Å²) in [4.78, 5) is 15.1. The molecule has 0 saturated heterocycles. The second-order valence-corrected chi connectivity index (χ2v) is 3.00. The number of pyridine rings is 1. The molecule has 1 N–H and O–H groups in total. The van der Waals surface area contributed by atoms with Crippen molar-refractivity contribution in [3.05, 3.63) is 23.4 Å². The lowest BCUT2D eigenvalue weighted by atomic mass is 10.0. The van der Waals surface area contributed by atoms with Crippen molar-refractivity contribution in [3.8, 4) is 0 Å². The Morgan fingerprint density at radius 1 is 1.31 bits per heavy atom. The maximum absolute atomic E-state index is 11.0. The van der Waals surface area contributed by atoms with Gasteiger partial charge in [-0.1, -0.05) is 13.8 Å². The van der Waals surface area contributed by atoms with E-state index in [0.29, 0.717) is 13.6 Å². The molecule has 0 aromatic carbocycles. The van der Waals surface area contributed by atoms with E-state index >= 15 is 0 Å². The number of hydrogen-bond acceptors (Lipinski definition) is 2. The zero-order valence-corrected chi connectivity index (χ0v) is 10.3. The van der Waals surface area contributed by atoms with Crippen LogP contribution < -0.4 is 5.32 Å². The monoisotopic (exact) mass is 226 g/mol. The lowest BCUT2D eigenvalue weighted by molar-refractivity contribution is -0.116. The molecule has 0 spiro atoms. The first-order valence-corrected chi connectivity index (χ1v) is 5.39. The maximum Gasteiger partial charge on any atom is 0.225 e. The first-order valence-electron chi connectivity index (χ1n) is 5.39. The summed E-state index contributed by atoms with van der Waals surface area (Å²) in [5, 5.41) is 2.75. The van der Waals surface area contributed by atoms with Crippen LogP contribution in [0.25, 0.3) is 0 Å². The minimum Gasteiger partial charge on any atom is -0.310 e. The Morgan fingerprint density at radius 3 is 2.56 bits per heavy atom. The molecule has 1 aromatic heterocycles. The van der Waals surface area contributed by atoms with Crippen LogP contribution in [0.1, 0.15) is 31.4 Å². The Kier molecular flexibility index (Phi) is 7.09. The van der Waals surface area contributed by atoms with E-state index in [1.165, 1.54) is 11.1 Å². The number of fused-ring (bicyclic) bond motifs is 1. The molecule has 90 valence electrons. The van der Waals surface area contributed by atoms with Gasteiger partial charge in [0.2, 0.25) is 5.91 Å². The lowest BCUT2D eigenvalue weighted by Gasteiger charge is -2.16. The molecule has 1 amide bonds. The van der Waals surface area contributed by atoms with Crippen LogP contribution >= 0.6 is 0 Å². The number of carbonyl (C=O) groups is 1. The number of nitrogens with zero attached hydrogens (tertiary/aromatic N) is 1. The van der Waals surface area contributed by atoms with Crippen molar-refractivity contribution in [1.29, 1.82) is 0 Å². The molecule has 0 unspecified atom stereocenters. The smallest absolute Gasteiger partial charge is 0.225 e. The average molecular weight is 226 g/mol. The highest BCUT2D eigenvalue weighted by Gasteiger charge is 2.16.